The van der Waals surface area contributed by atoms with Crippen LogP contribution >= 0.6 is 0 Å². The molecule has 2 atom stereocenters. The van der Waals surface area contributed by atoms with Crippen LogP contribution in [0.4, 0.5) is 0 Å². The zero-order valence-electron chi connectivity index (χ0n) is 8.81. The SMILES string of the molecule is CCC(C)(CN)NCC1CCCO1. The molecule has 78 valence electrons. The monoisotopic (exact) mass is 186 g/mol. The smallest absolute Gasteiger partial charge is 0.0700 e. The highest BCUT2D eigenvalue weighted by molar-refractivity contribution is 4.84. The summed E-state index contributed by atoms with van der Waals surface area (Å²) >= 11 is 0. The second-order valence-electron chi connectivity index (χ2n) is 4.13. The molecule has 0 aliphatic carbocycles. The van der Waals surface area contributed by atoms with Gasteiger partial charge in [-0.1, -0.05) is 6.92 Å². The van der Waals surface area contributed by atoms with Crippen LogP contribution in [0.5, 0.6) is 0 Å². The van der Waals surface area contributed by atoms with E-state index < -0.39 is 0 Å². The van der Waals surface area contributed by atoms with Crippen molar-refractivity contribution in [1.82, 2.24) is 5.32 Å². The molecule has 0 aromatic heterocycles. The van der Waals surface area contributed by atoms with E-state index in [1.807, 2.05) is 0 Å². The molecule has 0 amide bonds. The van der Waals surface area contributed by atoms with Crippen molar-refractivity contribution in [2.75, 3.05) is 19.7 Å². The Balaban J connectivity index is 2.22. The van der Waals surface area contributed by atoms with Crippen LogP contribution in [0.2, 0.25) is 0 Å². The van der Waals surface area contributed by atoms with Crippen molar-refractivity contribution >= 4 is 0 Å². The van der Waals surface area contributed by atoms with Crippen LogP contribution in [-0.4, -0.2) is 31.3 Å². The quantitative estimate of drug-likeness (QED) is 0.670. The molecule has 0 aromatic rings. The maximum Gasteiger partial charge on any atom is 0.0700 e. The summed E-state index contributed by atoms with van der Waals surface area (Å²) in [5, 5.41) is 3.49. The lowest BCUT2D eigenvalue weighted by Crippen LogP contribution is -2.50. The van der Waals surface area contributed by atoms with E-state index in [1.165, 1.54) is 12.8 Å². The number of hydrogen-bond donors (Lipinski definition) is 2. The third-order valence-electron chi connectivity index (χ3n) is 3.01. The molecule has 1 fully saturated rings. The van der Waals surface area contributed by atoms with Crippen molar-refractivity contribution in [3.05, 3.63) is 0 Å². The fraction of sp³-hybridized carbons (Fsp3) is 1.00. The summed E-state index contributed by atoms with van der Waals surface area (Å²) in [7, 11) is 0. The summed E-state index contributed by atoms with van der Waals surface area (Å²) in [5.41, 5.74) is 5.79. The Labute approximate surface area is 81.0 Å². The highest BCUT2D eigenvalue weighted by Gasteiger charge is 2.22. The number of nitrogens with one attached hydrogen (secondary N) is 1. The molecule has 3 heteroatoms. The minimum absolute atomic E-state index is 0.0892. The van der Waals surface area contributed by atoms with Crippen LogP contribution in [-0.2, 0) is 4.74 Å². The minimum atomic E-state index is 0.0892. The topological polar surface area (TPSA) is 47.3 Å². The molecule has 1 aliphatic heterocycles. The highest BCUT2D eigenvalue weighted by Crippen LogP contribution is 2.13. The van der Waals surface area contributed by atoms with Crippen LogP contribution in [0.15, 0.2) is 0 Å². The fourth-order valence-corrected chi connectivity index (χ4v) is 1.51. The number of nitrogens with two attached hydrogens (primary N) is 1. The Hall–Kier alpha value is -0.120. The average molecular weight is 186 g/mol. The third-order valence-corrected chi connectivity index (χ3v) is 3.01. The average Bonchev–Trinajstić information content (AvgIpc) is 2.67. The summed E-state index contributed by atoms with van der Waals surface area (Å²) in [5.74, 6) is 0. The first-order valence-corrected chi connectivity index (χ1v) is 5.27. The Kier molecular flexibility index (Phi) is 4.16. The lowest BCUT2D eigenvalue weighted by Gasteiger charge is -2.29. The van der Waals surface area contributed by atoms with E-state index in [1.54, 1.807) is 0 Å². The van der Waals surface area contributed by atoms with Gasteiger partial charge in [0.25, 0.3) is 0 Å². The first kappa shape index (κ1) is 11.0. The van der Waals surface area contributed by atoms with Gasteiger partial charge < -0.3 is 15.8 Å². The molecule has 1 saturated heterocycles. The molecule has 0 bridgehead atoms. The number of hydrogen-bond acceptors (Lipinski definition) is 3. The molecule has 0 spiro atoms. The van der Waals surface area contributed by atoms with Crippen molar-refractivity contribution in [1.29, 1.82) is 0 Å². The molecule has 0 radical (unpaired) electrons. The largest absolute Gasteiger partial charge is 0.377 e. The second-order valence-corrected chi connectivity index (χ2v) is 4.13. The summed E-state index contributed by atoms with van der Waals surface area (Å²) in [4.78, 5) is 0. The van der Waals surface area contributed by atoms with E-state index in [9.17, 15) is 0 Å². The van der Waals surface area contributed by atoms with Gasteiger partial charge in [-0.05, 0) is 26.2 Å². The summed E-state index contributed by atoms with van der Waals surface area (Å²) < 4.78 is 5.53. The van der Waals surface area contributed by atoms with E-state index in [-0.39, 0.29) is 5.54 Å². The normalized spacial score (nSPS) is 27.5. The van der Waals surface area contributed by atoms with Crippen LogP contribution < -0.4 is 11.1 Å². The summed E-state index contributed by atoms with van der Waals surface area (Å²) in [6.07, 6.45) is 3.88. The molecule has 0 saturated carbocycles. The summed E-state index contributed by atoms with van der Waals surface area (Å²) in [6, 6.07) is 0. The Morgan fingerprint density at radius 3 is 2.85 bits per heavy atom. The van der Waals surface area contributed by atoms with Gasteiger partial charge in [0, 0.05) is 25.2 Å². The van der Waals surface area contributed by atoms with Crippen LogP contribution in [0.25, 0.3) is 0 Å². The molecule has 1 heterocycles. The van der Waals surface area contributed by atoms with Gasteiger partial charge in [0.1, 0.15) is 0 Å². The van der Waals surface area contributed by atoms with Crippen molar-refractivity contribution in [2.45, 2.75) is 44.8 Å². The van der Waals surface area contributed by atoms with E-state index in [2.05, 4.69) is 19.2 Å². The van der Waals surface area contributed by atoms with Gasteiger partial charge in [0.2, 0.25) is 0 Å². The zero-order chi connectivity index (χ0) is 9.73. The Morgan fingerprint density at radius 2 is 2.38 bits per heavy atom. The van der Waals surface area contributed by atoms with Crippen LogP contribution in [0.1, 0.15) is 33.1 Å². The molecular weight excluding hydrogens is 164 g/mol. The Morgan fingerprint density at radius 1 is 1.62 bits per heavy atom. The molecular formula is C10H22N2O. The first-order valence-electron chi connectivity index (χ1n) is 5.27. The van der Waals surface area contributed by atoms with E-state index in [0.29, 0.717) is 12.6 Å². The fourth-order valence-electron chi connectivity index (χ4n) is 1.51. The minimum Gasteiger partial charge on any atom is -0.377 e. The number of rotatable bonds is 5. The maximum atomic E-state index is 5.70. The van der Waals surface area contributed by atoms with Gasteiger partial charge >= 0.3 is 0 Å². The lowest BCUT2D eigenvalue weighted by molar-refractivity contribution is 0.102. The summed E-state index contributed by atoms with van der Waals surface area (Å²) in [6.45, 7) is 6.90. The molecule has 1 aliphatic rings. The molecule has 3 nitrogen and oxygen atoms in total. The molecule has 1 rings (SSSR count). The molecule has 2 unspecified atom stereocenters. The third kappa shape index (κ3) is 3.25. The van der Waals surface area contributed by atoms with Crippen LogP contribution in [0, 0.1) is 0 Å². The predicted octanol–water partition coefficient (Wildman–Crippen LogP) is 0.882. The standard InChI is InChI=1S/C10H22N2O/c1-3-10(2,8-11)12-7-9-5-4-6-13-9/h9,12H,3-8,11H2,1-2H3. The van der Waals surface area contributed by atoms with E-state index >= 15 is 0 Å². The van der Waals surface area contributed by atoms with Crippen molar-refractivity contribution in [2.24, 2.45) is 5.73 Å². The molecule has 13 heavy (non-hydrogen) atoms. The van der Waals surface area contributed by atoms with Crippen molar-refractivity contribution in [3.8, 4) is 0 Å². The van der Waals surface area contributed by atoms with Gasteiger partial charge in [-0.3, -0.25) is 0 Å². The van der Waals surface area contributed by atoms with E-state index in [0.717, 1.165) is 19.6 Å². The molecule has 0 aromatic carbocycles. The highest BCUT2D eigenvalue weighted by atomic mass is 16.5. The van der Waals surface area contributed by atoms with Gasteiger partial charge in [0.15, 0.2) is 0 Å². The zero-order valence-corrected chi connectivity index (χ0v) is 8.81. The van der Waals surface area contributed by atoms with Gasteiger partial charge in [-0.2, -0.15) is 0 Å². The van der Waals surface area contributed by atoms with Gasteiger partial charge in [-0.15, -0.1) is 0 Å². The van der Waals surface area contributed by atoms with Crippen LogP contribution in [0.3, 0.4) is 0 Å². The van der Waals surface area contributed by atoms with E-state index in [4.69, 9.17) is 10.5 Å². The lowest BCUT2D eigenvalue weighted by atomic mass is 9.99. The number of ether oxygens (including phenoxy) is 1. The first-order chi connectivity index (χ1) is 6.20. The molecule has 3 N–H and O–H groups in total. The maximum absolute atomic E-state index is 5.70. The second kappa shape index (κ2) is 4.94. The van der Waals surface area contributed by atoms with Gasteiger partial charge in [-0.25, -0.2) is 0 Å². The van der Waals surface area contributed by atoms with Gasteiger partial charge in [0.05, 0.1) is 6.10 Å². The van der Waals surface area contributed by atoms with Crippen molar-refractivity contribution in [3.63, 3.8) is 0 Å². The predicted molar refractivity (Wildman–Crippen MR) is 54.7 cm³/mol. The Bertz CT molecular complexity index is 140. The van der Waals surface area contributed by atoms with Crippen molar-refractivity contribution < 1.29 is 4.74 Å².